The number of carbonyl (C=O) groups is 1. The van der Waals surface area contributed by atoms with Crippen LogP contribution in [0.2, 0.25) is 0 Å². The zero-order chi connectivity index (χ0) is 19.2. The molecule has 0 aliphatic rings. The second-order valence-electron chi connectivity index (χ2n) is 6.13. The van der Waals surface area contributed by atoms with E-state index in [1.165, 1.54) is 8.92 Å². The molecular formula is C24H18N2OSe. The third kappa shape index (κ3) is 4.20. The third-order valence-corrected chi connectivity index (χ3v) is 6.49. The Balaban J connectivity index is 1.68. The molecule has 0 fully saturated rings. The Labute approximate surface area is 170 Å². The maximum atomic E-state index is 12.6. The van der Waals surface area contributed by atoms with Gasteiger partial charge >= 0.3 is 171 Å². The zero-order valence-electron chi connectivity index (χ0n) is 15.1. The molecule has 1 amide bonds. The molecule has 0 atom stereocenters. The number of aromatic nitrogens is 1. The molecule has 1 N–H and O–H groups in total. The first-order chi connectivity index (χ1) is 13.8. The van der Waals surface area contributed by atoms with E-state index in [2.05, 4.69) is 52.8 Å². The van der Waals surface area contributed by atoms with Gasteiger partial charge in [0.2, 0.25) is 0 Å². The quantitative estimate of drug-likeness (QED) is 0.492. The fraction of sp³-hybridized carbons (Fsp3) is 0. The van der Waals surface area contributed by atoms with Gasteiger partial charge in [0.1, 0.15) is 0 Å². The molecular weight excluding hydrogens is 411 g/mol. The van der Waals surface area contributed by atoms with Crippen LogP contribution in [-0.4, -0.2) is 25.8 Å². The maximum absolute atomic E-state index is 12.6. The molecule has 1 aromatic heterocycles. The number of pyridine rings is 1. The molecule has 3 nitrogen and oxygen atoms in total. The van der Waals surface area contributed by atoms with Crippen LogP contribution < -0.4 is 14.2 Å². The van der Waals surface area contributed by atoms with Crippen molar-refractivity contribution >= 4 is 35.5 Å². The molecule has 1 heterocycles. The molecule has 0 aliphatic carbocycles. The minimum absolute atomic E-state index is 0.177. The summed E-state index contributed by atoms with van der Waals surface area (Å²) in [6.45, 7) is 0. The molecule has 0 saturated carbocycles. The summed E-state index contributed by atoms with van der Waals surface area (Å²) in [4.78, 5) is 16.7. The molecule has 0 saturated heterocycles. The van der Waals surface area contributed by atoms with Crippen molar-refractivity contribution in [3.8, 4) is 11.1 Å². The number of rotatable bonds is 5. The number of para-hydroxylation sites is 1. The van der Waals surface area contributed by atoms with Gasteiger partial charge in [0.05, 0.1) is 0 Å². The van der Waals surface area contributed by atoms with Crippen molar-refractivity contribution in [2.24, 2.45) is 0 Å². The summed E-state index contributed by atoms with van der Waals surface area (Å²) in [7, 11) is 0. The Morgan fingerprint density at radius 3 is 2.18 bits per heavy atom. The Kier molecular flexibility index (Phi) is 5.62. The Morgan fingerprint density at radius 1 is 0.714 bits per heavy atom. The molecule has 0 spiro atoms. The van der Waals surface area contributed by atoms with Gasteiger partial charge in [-0.25, -0.2) is 0 Å². The standard InChI is InChI=1S/C24H18N2OSe/c27-24(22-15-8-9-17-25-22)26-21-14-6-4-12-19(21)20-13-5-7-16-23(20)28-18-10-2-1-3-11-18/h1-17H,(H,26,27). The Hall–Kier alpha value is -3.20. The van der Waals surface area contributed by atoms with Gasteiger partial charge in [0, 0.05) is 0 Å². The van der Waals surface area contributed by atoms with Crippen molar-refractivity contribution in [1.29, 1.82) is 0 Å². The normalized spacial score (nSPS) is 10.4. The number of nitrogens with zero attached hydrogens (tertiary/aromatic N) is 1. The number of amides is 1. The summed E-state index contributed by atoms with van der Waals surface area (Å²) < 4.78 is 2.60. The van der Waals surface area contributed by atoms with E-state index in [0.717, 1.165) is 16.8 Å². The van der Waals surface area contributed by atoms with Gasteiger partial charge in [-0.3, -0.25) is 0 Å². The predicted octanol–water partition coefficient (Wildman–Crippen LogP) is 3.66. The van der Waals surface area contributed by atoms with Gasteiger partial charge in [0.25, 0.3) is 0 Å². The fourth-order valence-electron chi connectivity index (χ4n) is 2.90. The van der Waals surface area contributed by atoms with Crippen LogP contribution in [0.1, 0.15) is 10.5 Å². The molecule has 0 bridgehead atoms. The fourth-order valence-corrected chi connectivity index (χ4v) is 4.96. The van der Waals surface area contributed by atoms with Crippen LogP contribution in [0.4, 0.5) is 5.69 Å². The van der Waals surface area contributed by atoms with Crippen LogP contribution >= 0.6 is 0 Å². The number of anilines is 1. The van der Waals surface area contributed by atoms with E-state index in [1.54, 1.807) is 18.3 Å². The molecule has 136 valence electrons. The van der Waals surface area contributed by atoms with E-state index < -0.39 is 0 Å². The molecule has 3 aromatic carbocycles. The van der Waals surface area contributed by atoms with Crippen molar-refractivity contribution < 1.29 is 4.79 Å². The summed E-state index contributed by atoms with van der Waals surface area (Å²) in [5.74, 6) is -0.209. The topological polar surface area (TPSA) is 42.0 Å². The summed E-state index contributed by atoms with van der Waals surface area (Å²) >= 11 is 0.177. The molecule has 0 radical (unpaired) electrons. The van der Waals surface area contributed by atoms with E-state index in [1.807, 2.05) is 42.5 Å². The van der Waals surface area contributed by atoms with Gasteiger partial charge in [-0.15, -0.1) is 0 Å². The molecule has 4 heteroatoms. The van der Waals surface area contributed by atoms with Crippen LogP contribution in [0, 0.1) is 0 Å². The van der Waals surface area contributed by atoms with E-state index in [4.69, 9.17) is 0 Å². The van der Waals surface area contributed by atoms with Gasteiger partial charge in [-0.1, -0.05) is 0 Å². The third-order valence-electron chi connectivity index (χ3n) is 4.22. The van der Waals surface area contributed by atoms with Crippen LogP contribution in [0.5, 0.6) is 0 Å². The van der Waals surface area contributed by atoms with Gasteiger partial charge in [-0.05, 0) is 0 Å². The first kappa shape index (κ1) is 18.2. The zero-order valence-corrected chi connectivity index (χ0v) is 16.8. The summed E-state index contributed by atoms with van der Waals surface area (Å²) in [5.41, 5.74) is 3.34. The predicted molar refractivity (Wildman–Crippen MR) is 116 cm³/mol. The Morgan fingerprint density at radius 2 is 1.39 bits per heavy atom. The average molecular weight is 429 g/mol. The van der Waals surface area contributed by atoms with E-state index >= 15 is 0 Å². The number of nitrogens with one attached hydrogen (secondary N) is 1. The molecule has 28 heavy (non-hydrogen) atoms. The van der Waals surface area contributed by atoms with E-state index in [-0.39, 0.29) is 20.9 Å². The molecule has 4 rings (SSSR count). The summed E-state index contributed by atoms with van der Waals surface area (Å²) in [5, 5.41) is 3.02. The second kappa shape index (κ2) is 8.66. The number of carbonyl (C=O) groups excluding carboxylic acids is 1. The van der Waals surface area contributed by atoms with Crippen LogP contribution in [-0.2, 0) is 0 Å². The van der Waals surface area contributed by atoms with E-state index in [0.29, 0.717) is 5.69 Å². The number of hydrogen-bond acceptors (Lipinski definition) is 2. The second-order valence-corrected chi connectivity index (χ2v) is 8.47. The van der Waals surface area contributed by atoms with E-state index in [9.17, 15) is 4.79 Å². The number of benzene rings is 3. The van der Waals surface area contributed by atoms with Crippen LogP contribution in [0.3, 0.4) is 0 Å². The van der Waals surface area contributed by atoms with Crippen molar-refractivity contribution in [3.05, 3.63) is 109 Å². The van der Waals surface area contributed by atoms with Gasteiger partial charge in [0.15, 0.2) is 0 Å². The first-order valence-electron chi connectivity index (χ1n) is 8.95. The van der Waals surface area contributed by atoms with Crippen molar-refractivity contribution in [2.45, 2.75) is 0 Å². The monoisotopic (exact) mass is 430 g/mol. The van der Waals surface area contributed by atoms with Crippen molar-refractivity contribution in [1.82, 2.24) is 4.98 Å². The van der Waals surface area contributed by atoms with Crippen molar-refractivity contribution in [2.75, 3.05) is 5.32 Å². The van der Waals surface area contributed by atoms with Crippen molar-refractivity contribution in [3.63, 3.8) is 0 Å². The van der Waals surface area contributed by atoms with Crippen LogP contribution in [0.25, 0.3) is 11.1 Å². The summed E-state index contributed by atoms with van der Waals surface area (Å²) in [6, 6.07) is 32.1. The average Bonchev–Trinajstić information content (AvgIpc) is 2.76. The minimum atomic E-state index is -0.209. The molecule has 0 aliphatic heterocycles. The van der Waals surface area contributed by atoms with Gasteiger partial charge < -0.3 is 0 Å². The van der Waals surface area contributed by atoms with Gasteiger partial charge in [-0.2, -0.15) is 0 Å². The van der Waals surface area contributed by atoms with Crippen LogP contribution in [0.15, 0.2) is 103 Å². The number of hydrogen-bond donors (Lipinski definition) is 1. The molecule has 4 aromatic rings. The summed E-state index contributed by atoms with van der Waals surface area (Å²) in [6.07, 6.45) is 1.62. The molecule has 0 unspecified atom stereocenters. The first-order valence-corrected chi connectivity index (χ1v) is 10.7. The SMILES string of the molecule is O=C(Nc1ccccc1-c1ccccc1[Se]c1ccccc1)c1ccccn1. The Bertz CT molecular complexity index is 1080.